The molecule has 0 radical (unpaired) electrons. The molecule has 1 unspecified atom stereocenters. The molecule has 0 aromatic carbocycles. The van der Waals surface area contributed by atoms with E-state index in [1.165, 1.54) is 6.21 Å². The van der Waals surface area contributed by atoms with E-state index in [0.717, 1.165) is 6.42 Å². The second kappa shape index (κ2) is 3.85. The zero-order valence-corrected chi connectivity index (χ0v) is 7.03. The van der Waals surface area contributed by atoms with Gasteiger partial charge in [-0.1, -0.05) is 19.1 Å². The van der Waals surface area contributed by atoms with Gasteiger partial charge in [0.15, 0.2) is 0 Å². The quantitative estimate of drug-likeness (QED) is 0.645. The number of allylic oxidation sites excluding steroid dienone is 2. The molecule has 1 rings (SSSR count). The van der Waals surface area contributed by atoms with Crippen molar-refractivity contribution in [2.75, 3.05) is 0 Å². The lowest BCUT2D eigenvalue weighted by Gasteiger charge is -1.99. The number of hydrogen-bond acceptors (Lipinski definition) is 2. The molecule has 0 spiro atoms. The van der Waals surface area contributed by atoms with Crippen molar-refractivity contribution in [1.82, 2.24) is 0 Å². The van der Waals surface area contributed by atoms with Crippen LogP contribution in [-0.2, 0) is 4.79 Å². The summed E-state index contributed by atoms with van der Waals surface area (Å²) in [6, 6.07) is 0.179. The summed E-state index contributed by atoms with van der Waals surface area (Å²) in [6.07, 6.45) is 7.93. The predicted molar refractivity (Wildman–Crippen MR) is 49.0 cm³/mol. The maximum absolute atomic E-state index is 10.7. The summed E-state index contributed by atoms with van der Waals surface area (Å²) in [4.78, 5) is 14.9. The van der Waals surface area contributed by atoms with Gasteiger partial charge in [-0.3, -0.25) is 9.79 Å². The Hall–Kier alpha value is -1.38. The van der Waals surface area contributed by atoms with Crippen LogP contribution in [0, 0.1) is 0 Å². The molecule has 0 aromatic heterocycles. The Bertz CT molecular complexity index is 264. The zero-order chi connectivity index (χ0) is 8.97. The summed E-state index contributed by atoms with van der Waals surface area (Å²) in [5.74, 6) is -0.430. The van der Waals surface area contributed by atoms with Crippen molar-refractivity contribution >= 4 is 12.1 Å². The van der Waals surface area contributed by atoms with E-state index < -0.39 is 5.91 Å². The molecule has 1 aliphatic rings. The van der Waals surface area contributed by atoms with Crippen LogP contribution in [0.1, 0.15) is 13.3 Å². The first kappa shape index (κ1) is 8.71. The molecule has 0 aliphatic carbocycles. The lowest BCUT2D eigenvalue weighted by atomic mass is 10.2. The van der Waals surface area contributed by atoms with Crippen molar-refractivity contribution in [3.63, 3.8) is 0 Å². The summed E-state index contributed by atoms with van der Waals surface area (Å²) < 4.78 is 0. The maximum atomic E-state index is 10.7. The number of rotatable bonds is 2. The molecule has 3 heteroatoms. The lowest BCUT2D eigenvalue weighted by molar-refractivity contribution is -0.114. The Morgan fingerprint density at radius 2 is 2.50 bits per heavy atom. The van der Waals surface area contributed by atoms with Crippen LogP contribution < -0.4 is 5.73 Å². The molecule has 1 atom stereocenters. The molecule has 2 N–H and O–H groups in total. The van der Waals surface area contributed by atoms with Gasteiger partial charge in [0.25, 0.3) is 0 Å². The molecule has 0 aromatic rings. The van der Waals surface area contributed by atoms with Crippen LogP contribution in [0.15, 0.2) is 28.8 Å². The van der Waals surface area contributed by atoms with Gasteiger partial charge in [0.05, 0.1) is 11.6 Å². The van der Waals surface area contributed by atoms with Gasteiger partial charge in [0, 0.05) is 6.21 Å². The maximum Gasteiger partial charge on any atom is 0.250 e. The van der Waals surface area contributed by atoms with Crippen LogP contribution >= 0.6 is 0 Å². The normalized spacial score (nSPS) is 21.8. The Morgan fingerprint density at radius 1 is 1.75 bits per heavy atom. The number of nitrogens with two attached hydrogens (primary N) is 1. The highest BCUT2D eigenvalue weighted by Crippen LogP contribution is 2.04. The number of primary amides is 1. The smallest absolute Gasteiger partial charge is 0.250 e. The van der Waals surface area contributed by atoms with Crippen molar-refractivity contribution in [3.8, 4) is 0 Å². The number of nitrogens with zero attached hydrogens (tertiary/aromatic N) is 1. The molecule has 64 valence electrons. The third-order valence-electron chi connectivity index (χ3n) is 1.72. The van der Waals surface area contributed by atoms with Crippen LogP contribution in [0.4, 0.5) is 0 Å². The lowest BCUT2D eigenvalue weighted by Crippen LogP contribution is -2.14. The van der Waals surface area contributed by atoms with Crippen LogP contribution in [0.3, 0.4) is 0 Å². The van der Waals surface area contributed by atoms with Crippen molar-refractivity contribution < 1.29 is 4.79 Å². The molecule has 3 nitrogen and oxygen atoms in total. The second-order valence-electron chi connectivity index (χ2n) is 2.62. The van der Waals surface area contributed by atoms with Crippen molar-refractivity contribution in [3.05, 3.63) is 23.8 Å². The minimum Gasteiger partial charge on any atom is -0.366 e. The highest BCUT2D eigenvalue weighted by atomic mass is 16.1. The topological polar surface area (TPSA) is 55.5 Å². The Morgan fingerprint density at radius 3 is 3.08 bits per heavy atom. The van der Waals surface area contributed by atoms with Crippen LogP contribution in [0.2, 0.25) is 0 Å². The van der Waals surface area contributed by atoms with Gasteiger partial charge >= 0.3 is 0 Å². The molecule has 12 heavy (non-hydrogen) atoms. The Balaban J connectivity index is 2.78. The fourth-order valence-electron chi connectivity index (χ4n) is 0.943. The number of aliphatic imine (C=N–C) groups is 1. The van der Waals surface area contributed by atoms with Crippen LogP contribution in [-0.4, -0.2) is 18.2 Å². The molecule has 0 saturated heterocycles. The van der Waals surface area contributed by atoms with Gasteiger partial charge < -0.3 is 5.73 Å². The van der Waals surface area contributed by atoms with Gasteiger partial charge in [-0.05, 0) is 12.5 Å². The molecular formula is C9H12N2O. The third kappa shape index (κ3) is 2.05. The van der Waals surface area contributed by atoms with E-state index in [4.69, 9.17) is 5.73 Å². The van der Waals surface area contributed by atoms with Crippen LogP contribution in [0.25, 0.3) is 0 Å². The van der Waals surface area contributed by atoms with Crippen LogP contribution in [0.5, 0.6) is 0 Å². The molecule has 1 amide bonds. The van der Waals surface area contributed by atoms with E-state index in [9.17, 15) is 4.79 Å². The molecule has 1 heterocycles. The molecule has 1 aliphatic heterocycles. The summed E-state index contributed by atoms with van der Waals surface area (Å²) in [5, 5.41) is 0. The van der Waals surface area contributed by atoms with Crippen molar-refractivity contribution in [2.45, 2.75) is 19.4 Å². The van der Waals surface area contributed by atoms with Gasteiger partial charge in [-0.15, -0.1) is 0 Å². The summed E-state index contributed by atoms with van der Waals surface area (Å²) in [6.45, 7) is 2.04. The number of carbonyl (C=O) groups is 1. The summed E-state index contributed by atoms with van der Waals surface area (Å²) in [5.41, 5.74) is 5.55. The van der Waals surface area contributed by atoms with E-state index in [-0.39, 0.29) is 6.04 Å². The molecule has 0 saturated carbocycles. The first-order chi connectivity index (χ1) is 5.74. The summed E-state index contributed by atoms with van der Waals surface area (Å²) >= 11 is 0. The first-order valence-corrected chi connectivity index (χ1v) is 3.95. The third-order valence-corrected chi connectivity index (χ3v) is 1.72. The van der Waals surface area contributed by atoms with E-state index in [1.807, 2.05) is 19.1 Å². The Labute approximate surface area is 71.7 Å². The Kier molecular flexibility index (Phi) is 2.80. The second-order valence-corrected chi connectivity index (χ2v) is 2.62. The number of hydrogen-bond donors (Lipinski definition) is 1. The average molecular weight is 164 g/mol. The average Bonchev–Trinajstić information content (AvgIpc) is 2.28. The highest BCUT2D eigenvalue weighted by molar-refractivity contribution is 6.11. The standard InChI is InChI=1S/C9H12N2O/c1-2-8-5-3-4-7(6-11-8)9(10)12/h3-6,8H,2H2,1H3,(H2,10,12). The summed E-state index contributed by atoms with van der Waals surface area (Å²) in [7, 11) is 0. The number of amides is 1. The minimum atomic E-state index is -0.430. The van der Waals surface area contributed by atoms with Gasteiger partial charge in [0.2, 0.25) is 5.91 Å². The van der Waals surface area contributed by atoms with Crippen molar-refractivity contribution in [1.29, 1.82) is 0 Å². The van der Waals surface area contributed by atoms with E-state index in [2.05, 4.69) is 4.99 Å². The van der Waals surface area contributed by atoms with Crippen molar-refractivity contribution in [2.24, 2.45) is 10.7 Å². The molecular weight excluding hydrogens is 152 g/mol. The van der Waals surface area contributed by atoms with E-state index in [0.29, 0.717) is 5.57 Å². The van der Waals surface area contributed by atoms with E-state index in [1.54, 1.807) is 6.08 Å². The van der Waals surface area contributed by atoms with Gasteiger partial charge in [-0.25, -0.2) is 0 Å². The number of carbonyl (C=O) groups excluding carboxylic acids is 1. The fourth-order valence-corrected chi connectivity index (χ4v) is 0.943. The SMILES string of the molecule is CCC1C=CC=C(C(N)=O)C=N1. The van der Waals surface area contributed by atoms with Gasteiger partial charge in [0.1, 0.15) is 0 Å². The fraction of sp³-hybridized carbons (Fsp3) is 0.333. The molecule has 0 fully saturated rings. The first-order valence-electron chi connectivity index (χ1n) is 3.95. The zero-order valence-electron chi connectivity index (χ0n) is 7.03. The minimum absolute atomic E-state index is 0.179. The largest absolute Gasteiger partial charge is 0.366 e. The van der Waals surface area contributed by atoms with Gasteiger partial charge in [-0.2, -0.15) is 0 Å². The van der Waals surface area contributed by atoms with E-state index >= 15 is 0 Å². The predicted octanol–water partition coefficient (Wildman–Crippen LogP) is 0.817. The highest BCUT2D eigenvalue weighted by Gasteiger charge is 2.04. The monoisotopic (exact) mass is 164 g/mol. The molecule has 0 bridgehead atoms.